The van der Waals surface area contributed by atoms with E-state index >= 15 is 0 Å². The number of nitrogens with one attached hydrogen (secondary N) is 3. The van der Waals surface area contributed by atoms with Gasteiger partial charge < -0.3 is 15.4 Å². The molecule has 1 atom stereocenters. The van der Waals surface area contributed by atoms with E-state index in [0.29, 0.717) is 36.8 Å². The molecule has 0 fully saturated rings. The number of amides is 2. The zero-order valence-electron chi connectivity index (χ0n) is 17.6. The Morgan fingerprint density at radius 1 is 1.19 bits per heavy atom. The summed E-state index contributed by atoms with van der Waals surface area (Å²) in [5.74, 6) is -0.209. The van der Waals surface area contributed by atoms with Crippen molar-refractivity contribution in [2.45, 2.75) is 32.7 Å². The van der Waals surface area contributed by atoms with Crippen LogP contribution in [0.25, 0.3) is 0 Å². The van der Waals surface area contributed by atoms with E-state index in [-0.39, 0.29) is 30.2 Å². The first-order valence-corrected chi connectivity index (χ1v) is 10.2. The Morgan fingerprint density at radius 3 is 2.74 bits per heavy atom. The molecule has 0 radical (unpaired) electrons. The first-order valence-electron chi connectivity index (χ1n) is 10.2. The molecule has 0 saturated heterocycles. The fraction of sp³-hybridized carbons (Fsp3) is 0.304. The number of esters is 1. The van der Waals surface area contributed by atoms with Gasteiger partial charge in [0.15, 0.2) is 0 Å². The van der Waals surface area contributed by atoms with Crippen LogP contribution >= 0.6 is 0 Å². The van der Waals surface area contributed by atoms with Gasteiger partial charge in [-0.3, -0.25) is 19.7 Å². The van der Waals surface area contributed by atoms with Crippen molar-refractivity contribution in [3.8, 4) is 0 Å². The first kappa shape index (κ1) is 22.0. The molecule has 2 aromatic carbocycles. The van der Waals surface area contributed by atoms with E-state index in [0.717, 1.165) is 11.1 Å². The number of anilines is 1. The second kappa shape index (κ2) is 10.4. The fourth-order valence-corrected chi connectivity index (χ4v) is 3.19. The van der Waals surface area contributed by atoms with Crippen LogP contribution in [-0.2, 0) is 20.9 Å². The number of carbonyl (C=O) groups excluding carboxylic acids is 3. The normalized spacial score (nSPS) is 13.7. The monoisotopic (exact) mass is 422 g/mol. The molecule has 0 aliphatic carbocycles. The molecule has 1 aliphatic heterocycles. The van der Waals surface area contributed by atoms with Crippen LogP contribution in [0.2, 0.25) is 0 Å². The number of nitrogens with zero attached hydrogens (tertiary/aromatic N) is 1. The fourth-order valence-electron chi connectivity index (χ4n) is 3.19. The number of hydrogen-bond acceptors (Lipinski definition) is 6. The van der Waals surface area contributed by atoms with Crippen molar-refractivity contribution in [3.05, 3.63) is 65.2 Å². The number of ether oxygens (including phenoxy) is 1. The molecule has 2 aromatic rings. The van der Waals surface area contributed by atoms with Gasteiger partial charge in [-0.25, -0.2) is 4.99 Å². The van der Waals surface area contributed by atoms with E-state index in [9.17, 15) is 14.4 Å². The number of benzene rings is 2. The summed E-state index contributed by atoms with van der Waals surface area (Å²) in [7, 11) is 0. The lowest BCUT2D eigenvalue weighted by molar-refractivity contribution is -0.143. The van der Waals surface area contributed by atoms with E-state index in [4.69, 9.17) is 4.74 Å². The number of aliphatic imine (C=N–C) groups is 1. The van der Waals surface area contributed by atoms with Crippen LogP contribution < -0.4 is 16.0 Å². The zero-order valence-corrected chi connectivity index (χ0v) is 17.6. The third-order valence-corrected chi connectivity index (χ3v) is 4.78. The summed E-state index contributed by atoms with van der Waals surface area (Å²) in [6.07, 6.45) is 0.315. The maximum Gasteiger partial charge on any atom is 0.306 e. The summed E-state index contributed by atoms with van der Waals surface area (Å²) in [6, 6.07) is 14.8. The summed E-state index contributed by atoms with van der Waals surface area (Å²) < 4.78 is 5.02. The Labute approximate surface area is 181 Å². The minimum Gasteiger partial charge on any atom is -0.466 e. The van der Waals surface area contributed by atoms with Crippen LogP contribution in [0.5, 0.6) is 0 Å². The highest BCUT2D eigenvalue weighted by molar-refractivity contribution is 6.09. The zero-order chi connectivity index (χ0) is 22.2. The first-order chi connectivity index (χ1) is 14.9. The molecule has 8 nitrogen and oxygen atoms in total. The lowest BCUT2D eigenvalue weighted by atomic mass is 9.96. The predicted molar refractivity (Wildman–Crippen MR) is 118 cm³/mol. The average Bonchev–Trinajstić information content (AvgIpc) is 3.17. The van der Waals surface area contributed by atoms with Crippen LogP contribution in [0.1, 0.15) is 47.7 Å². The largest absolute Gasteiger partial charge is 0.466 e. The molecule has 31 heavy (non-hydrogen) atoms. The molecule has 0 aromatic heterocycles. The average molecular weight is 422 g/mol. The molecule has 0 saturated carbocycles. The van der Waals surface area contributed by atoms with Crippen molar-refractivity contribution in [2.75, 3.05) is 18.5 Å². The van der Waals surface area contributed by atoms with Crippen LogP contribution in [0.3, 0.4) is 0 Å². The van der Waals surface area contributed by atoms with E-state index in [1.54, 1.807) is 31.2 Å². The number of rotatable bonds is 8. The summed E-state index contributed by atoms with van der Waals surface area (Å²) in [4.78, 5) is 39.6. The Balaban J connectivity index is 1.57. The minimum absolute atomic E-state index is 0.0245. The second-order valence-corrected chi connectivity index (χ2v) is 7.26. The van der Waals surface area contributed by atoms with Gasteiger partial charge in [-0.05, 0) is 42.2 Å². The molecule has 1 heterocycles. The third kappa shape index (κ3) is 6.40. The highest BCUT2D eigenvalue weighted by Crippen LogP contribution is 2.21. The lowest BCUT2D eigenvalue weighted by Gasteiger charge is -2.13. The second-order valence-electron chi connectivity index (χ2n) is 7.26. The quantitative estimate of drug-likeness (QED) is 0.567. The molecule has 0 bridgehead atoms. The van der Waals surface area contributed by atoms with E-state index in [1.165, 1.54) is 0 Å². The lowest BCUT2D eigenvalue weighted by Crippen LogP contribution is -2.30. The van der Waals surface area contributed by atoms with Gasteiger partial charge in [0, 0.05) is 17.8 Å². The highest BCUT2D eigenvalue weighted by Gasteiger charge is 2.15. The summed E-state index contributed by atoms with van der Waals surface area (Å²) in [6.45, 7) is 4.60. The van der Waals surface area contributed by atoms with Crippen molar-refractivity contribution >= 4 is 29.4 Å². The highest BCUT2D eigenvalue weighted by atomic mass is 16.5. The Bertz CT molecular complexity index is 1000. The van der Waals surface area contributed by atoms with Gasteiger partial charge in [0.05, 0.1) is 13.0 Å². The van der Waals surface area contributed by atoms with Gasteiger partial charge in [0.1, 0.15) is 6.54 Å². The van der Waals surface area contributed by atoms with Gasteiger partial charge >= 0.3 is 5.97 Å². The number of guanidine groups is 1. The third-order valence-electron chi connectivity index (χ3n) is 4.78. The van der Waals surface area contributed by atoms with Gasteiger partial charge in [-0.15, -0.1) is 0 Å². The van der Waals surface area contributed by atoms with Gasteiger partial charge in [-0.1, -0.05) is 37.3 Å². The van der Waals surface area contributed by atoms with Crippen molar-refractivity contribution in [3.63, 3.8) is 0 Å². The van der Waals surface area contributed by atoms with Gasteiger partial charge in [-0.2, -0.15) is 0 Å². The standard InChI is InChI=1S/C23H26N4O4/c1-3-31-21(29)10-15(2)17-7-4-6-16(11-17)13-24-22(30)18-8-5-9-19(12-18)26-23-25-14-20(28)27-23/h4-9,11-12,15H,3,10,13-14H2,1-2H3,(H,24,30)(H2,25,26,27,28). The minimum atomic E-state index is -0.217. The summed E-state index contributed by atoms with van der Waals surface area (Å²) in [5.41, 5.74) is 3.11. The molecule has 3 rings (SSSR count). The Hall–Kier alpha value is -3.68. The Morgan fingerprint density at radius 2 is 2.00 bits per heavy atom. The summed E-state index contributed by atoms with van der Waals surface area (Å²) >= 11 is 0. The van der Waals surface area contributed by atoms with Crippen molar-refractivity contribution in [2.24, 2.45) is 4.99 Å². The molecule has 162 valence electrons. The van der Waals surface area contributed by atoms with Crippen molar-refractivity contribution in [1.82, 2.24) is 10.6 Å². The molecule has 1 aliphatic rings. The van der Waals surface area contributed by atoms with Gasteiger partial charge in [0.2, 0.25) is 11.9 Å². The predicted octanol–water partition coefficient (Wildman–Crippen LogP) is 2.57. The summed E-state index contributed by atoms with van der Waals surface area (Å²) in [5, 5.41) is 8.50. The van der Waals surface area contributed by atoms with Crippen molar-refractivity contribution in [1.29, 1.82) is 0 Å². The molecular formula is C23H26N4O4. The molecule has 0 spiro atoms. The molecule has 8 heteroatoms. The van der Waals surface area contributed by atoms with Gasteiger partial charge in [0.25, 0.3) is 5.91 Å². The van der Waals surface area contributed by atoms with Crippen LogP contribution in [-0.4, -0.2) is 36.9 Å². The Kier molecular flexibility index (Phi) is 7.37. The van der Waals surface area contributed by atoms with Crippen molar-refractivity contribution < 1.29 is 19.1 Å². The topological polar surface area (TPSA) is 109 Å². The van der Waals surface area contributed by atoms with Crippen LogP contribution in [0.15, 0.2) is 53.5 Å². The maximum absolute atomic E-state index is 12.6. The molecule has 2 amide bonds. The van der Waals surface area contributed by atoms with Crippen LogP contribution in [0.4, 0.5) is 5.69 Å². The smallest absolute Gasteiger partial charge is 0.306 e. The number of carbonyl (C=O) groups is 3. The SMILES string of the molecule is CCOC(=O)CC(C)c1cccc(CNC(=O)c2cccc(NC3=NCC(=O)N3)c2)c1. The van der Waals surface area contributed by atoms with E-state index in [1.807, 2.05) is 31.2 Å². The van der Waals surface area contributed by atoms with E-state index in [2.05, 4.69) is 20.9 Å². The molecular weight excluding hydrogens is 396 g/mol. The van der Waals surface area contributed by atoms with Crippen LogP contribution in [0, 0.1) is 0 Å². The van der Waals surface area contributed by atoms with E-state index < -0.39 is 0 Å². The molecule has 3 N–H and O–H groups in total. The number of hydrogen-bond donors (Lipinski definition) is 3. The maximum atomic E-state index is 12.6. The molecule has 1 unspecified atom stereocenters.